The quantitative estimate of drug-likeness (QED) is 0.484. The van der Waals surface area contributed by atoms with Crippen molar-refractivity contribution in [3.63, 3.8) is 0 Å². The van der Waals surface area contributed by atoms with Gasteiger partial charge in [-0.1, -0.05) is 5.16 Å². The summed E-state index contributed by atoms with van der Waals surface area (Å²) in [4.78, 5) is 4.90. The van der Waals surface area contributed by atoms with Gasteiger partial charge < -0.3 is 4.84 Å². The van der Waals surface area contributed by atoms with Crippen LogP contribution in [0, 0.1) is 0 Å². The molecule has 1 rings (SSSR count). The molecule has 0 atom stereocenters. The Morgan fingerprint density at radius 2 is 2.70 bits per heavy atom. The molecule has 0 fully saturated rings. The van der Waals surface area contributed by atoms with Gasteiger partial charge in [0, 0.05) is 11.8 Å². The van der Waals surface area contributed by atoms with Gasteiger partial charge in [0.1, 0.15) is 6.61 Å². The van der Waals surface area contributed by atoms with Crippen LogP contribution in [0.3, 0.4) is 0 Å². The zero-order chi connectivity index (χ0) is 7.23. The number of hydrogen-bond acceptors (Lipinski definition) is 3. The number of nitrogens with zero attached hydrogens (tertiary/aromatic N) is 1. The first kappa shape index (κ1) is 7.28. The Morgan fingerprint density at radius 3 is 3.30 bits per heavy atom. The van der Waals surface area contributed by atoms with Crippen LogP contribution in [-0.2, 0) is 11.4 Å². The Hall–Kier alpha value is -0.830. The summed E-state index contributed by atoms with van der Waals surface area (Å²) in [6.45, 7) is 2.40. The van der Waals surface area contributed by atoms with Crippen molar-refractivity contribution in [2.75, 3.05) is 0 Å². The molecule has 1 aromatic rings. The predicted molar refractivity (Wildman–Crippen MR) is 43.3 cm³/mol. The van der Waals surface area contributed by atoms with Gasteiger partial charge in [0.25, 0.3) is 0 Å². The van der Waals surface area contributed by atoms with E-state index in [1.54, 1.807) is 17.6 Å². The summed E-state index contributed by atoms with van der Waals surface area (Å²) in [5.41, 5.74) is 1.18. The van der Waals surface area contributed by atoms with Crippen molar-refractivity contribution in [1.29, 1.82) is 0 Å². The molecule has 2 nitrogen and oxygen atoms in total. The van der Waals surface area contributed by atoms with Crippen LogP contribution < -0.4 is 0 Å². The number of thiophene rings is 1. The van der Waals surface area contributed by atoms with Crippen molar-refractivity contribution in [2.24, 2.45) is 5.16 Å². The van der Waals surface area contributed by atoms with E-state index in [2.05, 4.69) is 5.16 Å². The number of oxime groups is 1. The molecule has 10 heavy (non-hydrogen) atoms. The normalized spacial score (nSPS) is 10.5. The lowest BCUT2D eigenvalue weighted by molar-refractivity contribution is 0.132. The van der Waals surface area contributed by atoms with E-state index in [1.165, 1.54) is 5.56 Å². The summed E-state index contributed by atoms with van der Waals surface area (Å²) in [6, 6.07) is 2.02. The molecule has 0 saturated carbocycles. The Kier molecular flexibility index (Phi) is 2.96. The van der Waals surface area contributed by atoms with Crippen LogP contribution in [0.15, 0.2) is 22.0 Å². The van der Waals surface area contributed by atoms with Crippen molar-refractivity contribution in [2.45, 2.75) is 13.5 Å². The van der Waals surface area contributed by atoms with Crippen LogP contribution in [-0.4, -0.2) is 6.21 Å². The zero-order valence-corrected chi connectivity index (χ0v) is 6.60. The van der Waals surface area contributed by atoms with Gasteiger partial charge in [-0.05, 0) is 23.8 Å². The minimum absolute atomic E-state index is 0.577. The maximum absolute atomic E-state index is 4.90. The van der Waals surface area contributed by atoms with Gasteiger partial charge in [-0.15, -0.1) is 0 Å². The molecule has 1 aromatic heterocycles. The predicted octanol–water partition coefficient (Wildman–Crippen LogP) is 2.27. The van der Waals surface area contributed by atoms with E-state index in [1.807, 2.05) is 23.8 Å². The molecule has 0 radical (unpaired) electrons. The van der Waals surface area contributed by atoms with E-state index in [9.17, 15) is 0 Å². The molecule has 54 valence electrons. The summed E-state index contributed by atoms with van der Waals surface area (Å²) in [6.07, 6.45) is 1.63. The summed E-state index contributed by atoms with van der Waals surface area (Å²) in [7, 11) is 0. The molecule has 0 aliphatic carbocycles. The highest BCUT2D eigenvalue weighted by molar-refractivity contribution is 7.07. The van der Waals surface area contributed by atoms with Crippen LogP contribution in [0.2, 0.25) is 0 Å². The second-order valence-corrected chi connectivity index (χ2v) is 2.55. The lowest BCUT2D eigenvalue weighted by Crippen LogP contribution is -1.81. The summed E-state index contributed by atoms with van der Waals surface area (Å²) in [5, 5.41) is 7.70. The fraction of sp³-hybridized carbons (Fsp3) is 0.286. The average Bonchev–Trinajstić information content (AvgIpc) is 2.41. The Labute approximate surface area is 64.1 Å². The van der Waals surface area contributed by atoms with Crippen LogP contribution in [0.5, 0.6) is 0 Å². The highest BCUT2D eigenvalue weighted by atomic mass is 32.1. The van der Waals surface area contributed by atoms with Crippen molar-refractivity contribution in [3.05, 3.63) is 22.4 Å². The van der Waals surface area contributed by atoms with E-state index >= 15 is 0 Å². The standard InChI is InChI=1S/C7H9NOS/c1-2-8-9-5-7-3-4-10-6-7/h2-4,6H,5H2,1H3/b8-2-. The highest BCUT2D eigenvalue weighted by Crippen LogP contribution is 2.06. The molecule has 0 spiro atoms. The maximum Gasteiger partial charge on any atom is 0.143 e. The fourth-order valence-electron chi connectivity index (χ4n) is 0.561. The molecule has 1 heterocycles. The van der Waals surface area contributed by atoms with Gasteiger partial charge >= 0.3 is 0 Å². The lowest BCUT2D eigenvalue weighted by atomic mass is 10.4. The second kappa shape index (κ2) is 4.06. The summed E-state index contributed by atoms with van der Waals surface area (Å²) >= 11 is 1.67. The molecular weight excluding hydrogens is 146 g/mol. The summed E-state index contributed by atoms with van der Waals surface area (Å²) in [5.74, 6) is 0. The van der Waals surface area contributed by atoms with Crippen molar-refractivity contribution < 1.29 is 4.84 Å². The molecule has 0 amide bonds. The Balaban J connectivity index is 2.28. The third-order valence-electron chi connectivity index (χ3n) is 0.991. The molecular formula is C7H9NOS. The fourth-order valence-corrected chi connectivity index (χ4v) is 1.21. The molecule has 0 saturated heterocycles. The topological polar surface area (TPSA) is 21.6 Å². The summed E-state index contributed by atoms with van der Waals surface area (Å²) < 4.78 is 0. The van der Waals surface area contributed by atoms with Crippen molar-refractivity contribution >= 4 is 17.6 Å². The van der Waals surface area contributed by atoms with Gasteiger partial charge in [-0.3, -0.25) is 0 Å². The lowest BCUT2D eigenvalue weighted by Gasteiger charge is -1.92. The van der Waals surface area contributed by atoms with E-state index < -0.39 is 0 Å². The molecule has 0 N–H and O–H groups in total. The molecule has 0 bridgehead atoms. The zero-order valence-electron chi connectivity index (χ0n) is 5.78. The van der Waals surface area contributed by atoms with Gasteiger partial charge in [0.15, 0.2) is 0 Å². The smallest absolute Gasteiger partial charge is 0.143 e. The van der Waals surface area contributed by atoms with Gasteiger partial charge in [-0.2, -0.15) is 11.3 Å². The van der Waals surface area contributed by atoms with E-state index in [0.717, 1.165) is 0 Å². The minimum Gasteiger partial charge on any atom is -0.391 e. The Bertz CT molecular complexity index is 193. The van der Waals surface area contributed by atoms with E-state index in [-0.39, 0.29) is 0 Å². The highest BCUT2D eigenvalue weighted by Gasteiger charge is 1.89. The van der Waals surface area contributed by atoms with E-state index in [4.69, 9.17) is 4.84 Å². The van der Waals surface area contributed by atoms with Crippen molar-refractivity contribution in [3.8, 4) is 0 Å². The SMILES string of the molecule is C/C=N\OCc1ccsc1. The number of rotatable bonds is 3. The average molecular weight is 155 g/mol. The molecule has 0 aliphatic rings. The first-order chi connectivity index (χ1) is 4.93. The molecule has 0 aliphatic heterocycles. The largest absolute Gasteiger partial charge is 0.391 e. The molecule has 0 unspecified atom stereocenters. The number of hydrogen-bond donors (Lipinski definition) is 0. The first-order valence-electron chi connectivity index (χ1n) is 3.04. The van der Waals surface area contributed by atoms with Crippen LogP contribution >= 0.6 is 11.3 Å². The molecule has 0 aromatic carbocycles. The van der Waals surface area contributed by atoms with Gasteiger partial charge in [-0.25, -0.2) is 0 Å². The van der Waals surface area contributed by atoms with Crippen molar-refractivity contribution in [1.82, 2.24) is 0 Å². The van der Waals surface area contributed by atoms with Crippen LogP contribution in [0.25, 0.3) is 0 Å². The maximum atomic E-state index is 4.90. The van der Waals surface area contributed by atoms with Gasteiger partial charge in [0.05, 0.1) is 0 Å². The van der Waals surface area contributed by atoms with Crippen LogP contribution in [0.1, 0.15) is 12.5 Å². The molecule has 3 heteroatoms. The monoisotopic (exact) mass is 155 g/mol. The third kappa shape index (κ3) is 2.19. The second-order valence-electron chi connectivity index (χ2n) is 1.77. The van der Waals surface area contributed by atoms with E-state index in [0.29, 0.717) is 6.61 Å². The van der Waals surface area contributed by atoms with Gasteiger partial charge in [0.2, 0.25) is 0 Å². The first-order valence-corrected chi connectivity index (χ1v) is 3.99. The van der Waals surface area contributed by atoms with Crippen LogP contribution in [0.4, 0.5) is 0 Å². The Morgan fingerprint density at radius 1 is 1.80 bits per heavy atom. The minimum atomic E-state index is 0.577. The third-order valence-corrected chi connectivity index (χ3v) is 1.72.